The minimum atomic E-state index is -0.338. The molecular formula is C27H44O4. The molecule has 4 heteroatoms. The van der Waals surface area contributed by atoms with Crippen molar-refractivity contribution >= 4 is 0 Å². The van der Waals surface area contributed by atoms with Crippen molar-refractivity contribution in [3.8, 4) is 0 Å². The van der Waals surface area contributed by atoms with Gasteiger partial charge in [0.2, 0.25) is 0 Å². The van der Waals surface area contributed by atoms with E-state index in [1.807, 2.05) is 0 Å². The summed E-state index contributed by atoms with van der Waals surface area (Å²) < 4.78 is 13.3. The van der Waals surface area contributed by atoms with Gasteiger partial charge in [-0.2, -0.15) is 0 Å². The highest BCUT2D eigenvalue weighted by molar-refractivity contribution is 5.16. The summed E-state index contributed by atoms with van der Waals surface area (Å²) in [5.41, 5.74) is 0.495. The van der Waals surface area contributed by atoms with E-state index in [9.17, 15) is 10.2 Å². The van der Waals surface area contributed by atoms with Crippen LogP contribution in [0.5, 0.6) is 0 Å². The molecule has 2 saturated heterocycles. The van der Waals surface area contributed by atoms with E-state index in [4.69, 9.17) is 9.47 Å². The summed E-state index contributed by atoms with van der Waals surface area (Å²) in [6.07, 6.45) is 9.58. The van der Waals surface area contributed by atoms with Crippen molar-refractivity contribution in [1.29, 1.82) is 0 Å². The number of hydrogen-bond donors (Lipinski definition) is 2. The van der Waals surface area contributed by atoms with E-state index in [1.165, 1.54) is 19.3 Å². The Morgan fingerprint density at radius 2 is 1.58 bits per heavy atom. The van der Waals surface area contributed by atoms with Crippen LogP contribution in [0.4, 0.5) is 0 Å². The predicted molar refractivity (Wildman–Crippen MR) is 119 cm³/mol. The third kappa shape index (κ3) is 2.80. The van der Waals surface area contributed by atoms with Gasteiger partial charge in [-0.1, -0.05) is 27.7 Å². The summed E-state index contributed by atoms with van der Waals surface area (Å²) in [5.74, 6) is 3.58. The van der Waals surface area contributed by atoms with E-state index in [0.717, 1.165) is 45.1 Å². The third-order valence-corrected chi connectivity index (χ3v) is 11.9. The minimum Gasteiger partial charge on any atom is -0.393 e. The molecule has 0 aromatic heterocycles. The van der Waals surface area contributed by atoms with Crippen molar-refractivity contribution in [3.05, 3.63) is 0 Å². The first kappa shape index (κ1) is 21.4. The maximum absolute atomic E-state index is 11.2. The monoisotopic (exact) mass is 432 g/mol. The molecule has 31 heavy (non-hydrogen) atoms. The molecule has 0 unspecified atom stereocenters. The number of rotatable bonds is 0. The van der Waals surface area contributed by atoms with Crippen LogP contribution in [0.1, 0.15) is 85.5 Å². The molecule has 4 saturated carbocycles. The second-order valence-electron chi connectivity index (χ2n) is 13.2. The van der Waals surface area contributed by atoms with Crippen LogP contribution in [0, 0.1) is 52.3 Å². The quantitative estimate of drug-likeness (QED) is 0.579. The van der Waals surface area contributed by atoms with Gasteiger partial charge in [-0.15, -0.1) is 0 Å². The van der Waals surface area contributed by atoms with Gasteiger partial charge in [0.1, 0.15) is 0 Å². The van der Waals surface area contributed by atoms with Crippen molar-refractivity contribution in [2.24, 2.45) is 52.3 Å². The number of fused-ring (bicyclic) bond motifs is 7. The Bertz CT molecular complexity index is 716. The summed E-state index contributed by atoms with van der Waals surface area (Å²) in [5, 5.41) is 21.5. The SMILES string of the molecule is C[C@H]1CC[C@@]2(OC1)O[C@H]1C[C@@H]3[C@@H]4C[C@@H](O)[C@H]5C[C@@H](O)CC[C@]5(C)[C@@H]4CC[C@]3(C)[C@H]1[C@@H]2C. The smallest absolute Gasteiger partial charge is 0.171 e. The van der Waals surface area contributed by atoms with Gasteiger partial charge < -0.3 is 19.7 Å². The lowest BCUT2D eigenvalue weighted by molar-refractivity contribution is -0.273. The van der Waals surface area contributed by atoms with E-state index in [2.05, 4.69) is 27.7 Å². The topological polar surface area (TPSA) is 58.9 Å². The van der Waals surface area contributed by atoms with Gasteiger partial charge >= 0.3 is 0 Å². The van der Waals surface area contributed by atoms with Gasteiger partial charge in [0, 0.05) is 12.3 Å². The second-order valence-corrected chi connectivity index (χ2v) is 13.2. The van der Waals surface area contributed by atoms with E-state index < -0.39 is 0 Å². The van der Waals surface area contributed by atoms with Crippen LogP contribution in [0.2, 0.25) is 0 Å². The molecule has 2 heterocycles. The van der Waals surface area contributed by atoms with Gasteiger partial charge in [0.15, 0.2) is 5.79 Å². The highest BCUT2D eigenvalue weighted by Crippen LogP contribution is 2.71. The summed E-state index contributed by atoms with van der Waals surface area (Å²) in [6.45, 7) is 10.6. The molecule has 176 valence electrons. The first-order chi connectivity index (χ1) is 14.7. The van der Waals surface area contributed by atoms with Crippen LogP contribution >= 0.6 is 0 Å². The molecule has 6 rings (SSSR count). The van der Waals surface area contributed by atoms with Crippen molar-refractivity contribution in [1.82, 2.24) is 0 Å². The molecule has 0 bridgehead atoms. The van der Waals surface area contributed by atoms with Crippen LogP contribution in [0.25, 0.3) is 0 Å². The van der Waals surface area contributed by atoms with Crippen LogP contribution in [-0.4, -0.2) is 40.9 Å². The lowest BCUT2D eigenvalue weighted by atomic mass is 9.43. The molecule has 4 nitrogen and oxygen atoms in total. The summed E-state index contributed by atoms with van der Waals surface area (Å²) >= 11 is 0. The maximum atomic E-state index is 11.2. The molecule has 2 N–H and O–H groups in total. The highest BCUT2D eigenvalue weighted by atomic mass is 16.7. The number of aliphatic hydroxyl groups excluding tert-OH is 2. The minimum absolute atomic E-state index is 0.191. The maximum Gasteiger partial charge on any atom is 0.171 e. The Morgan fingerprint density at radius 3 is 2.32 bits per heavy atom. The van der Waals surface area contributed by atoms with E-state index in [0.29, 0.717) is 47.0 Å². The zero-order chi connectivity index (χ0) is 21.8. The molecular weight excluding hydrogens is 388 g/mol. The van der Waals surface area contributed by atoms with E-state index in [1.54, 1.807) is 0 Å². The second kappa shape index (κ2) is 6.93. The highest BCUT2D eigenvalue weighted by Gasteiger charge is 2.69. The molecule has 0 amide bonds. The fourth-order valence-corrected chi connectivity index (χ4v) is 10.3. The average Bonchev–Trinajstić information content (AvgIpc) is 3.17. The van der Waals surface area contributed by atoms with Crippen molar-refractivity contribution in [2.45, 2.75) is 110 Å². The van der Waals surface area contributed by atoms with Crippen molar-refractivity contribution in [2.75, 3.05) is 6.61 Å². The Balaban J connectivity index is 1.28. The van der Waals surface area contributed by atoms with Crippen molar-refractivity contribution in [3.63, 3.8) is 0 Å². The fraction of sp³-hybridized carbons (Fsp3) is 1.00. The molecule has 4 aliphatic carbocycles. The molecule has 13 atom stereocenters. The van der Waals surface area contributed by atoms with Crippen LogP contribution in [0.3, 0.4) is 0 Å². The fourth-order valence-electron chi connectivity index (χ4n) is 10.3. The van der Waals surface area contributed by atoms with E-state index >= 15 is 0 Å². The molecule has 6 fully saturated rings. The molecule has 1 spiro atoms. The zero-order valence-electron chi connectivity index (χ0n) is 20.1. The summed E-state index contributed by atoms with van der Waals surface area (Å²) in [4.78, 5) is 0. The van der Waals surface area contributed by atoms with Gasteiger partial charge in [-0.05, 0) is 97.7 Å². The van der Waals surface area contributed by atoms with Crippen molar-refractivity contribution < 1.29 is 19.7 Å². The molecule has 0 aromatic rings. The molecule has 2 aliphatic heterocycles. The Kier molecular flexibility index (Phi) is 4.78. The number of hydrogen-bond acceptors (Lipinski definition) is 4. The van der Waals surface area contributed by atoms with E-state index in [-0.39, 0.29) is 29.3 Å². The Morgan fingerprint density at radius 1 is 0.806 bits per heavy atom. The Hall–Kier alpha value is -0.160. The van der Waals surface area contributed by atoms with Crippen LogP contribution < -0.4 is 0 Å². The van der Waals surface area contributed by atoms with Gasteiger partial charge in [-0.25, -0.2) is 0 Å². The summed E-state index contributed by atoms with van der Waals surface area (Å²) in [7, 11) is 0. The first-order valence-electron chi connectivity index (χ1n) is 13.4. The van der Waals surface area contributed by atoms with Gasteiger partial charge in [0.05, 0.1) is 24.9 Å². The largest absolute Gasteiger partial charge is 0.393 e. The van der Waals surface area contributed by atoms with Crippen LogP contribution in [0.15, 0.2) is 0 Å². The molecule has 0 radical (unpaired) electrons. The predicted octanol–water partition coefficient (Wildman–Crippen LogP) is 4.76. The number of ether oxygens (including phenoxy) is 2. The first-order valence-corrected chi connectivity index (χ1v) is 13.4. The zero-order valence-corrected chi connectivity index (χ0v) is 20.1. The molecule has 0 aromatic carbocycles. The normalized spacial score (nSPS) is 63.3. The van der Waals surface area contributed by atoms with Crippen LogP contribution in [-0.2, 0) is 9.47 Å². The van der Waals surface area contributed by atoms with Gasteiger partial charge in [-0.3, -0.25) is 0 Å². The summed E-state index contributed by atoms with van der Waals surface area (Å²) in [6, 6.07) is 0. The lowest BCUT2D eigenvalue weighted by Gasteiger charge is -2.62. The molecule has 6 aliphatic rings. The average molecular weight is 433 g/mol. The van der Waals surface area contributed by atoms with Gasteiger partial charge in [0.25, 0.3) is 0 Å². The standard InChI is InChI=1S/C27H44O4/c1-15-5-10-27(30-14-15)16(2)24-23(31-27)13-20-18-12-22(29)21-11-17(28)6-8-25(21,3)19(18)7-9-26(20,24)4/h15-24,28-29H,5-14H2,1-4H3/t15-,16-,17-,18+,19+,20+,21+,22+,23-,24-,25+,26-,27+/m0/s1. The Labute approximate surface area is 188 Å². The third-order valence-electron chi connectivity index (χ3n) is 11.9. The lowest BCUT2D eigenvalue weighted by Crippen LogP contribution is -2.58. The number of aliphatic hydroxyl groups is 2.